The average molecular weight is 337 g/mol. The highest BCUT2D eigenvalue weighted by Gasteiger charge is 2.24. The highest BCUT2D eigenvalue weighted by Crippen LogP contribution is 2.30. The highest BCUT2D eigenvalue weighted by atomic mass is 35.5. The number of halogens is 3. The Bertz CT molecular complexity index is 729. The number of aromatic nitrogens is 2. The van der Waals surface area contributed by atoms with Crippen LogP contribution >= 0.6 is 23.2 Å². The summed E-state index contributed by atoms with van der Waals surface area (Å²) in [7, 11) is -4.32. The molecule has 0 saturated carbocycles. The molecule has 0 radical (unpaired) electrons. The van der Waals surface area contributed by atoms with Gasteiger partial charge in [-0.15, -0.1) is 0 Å². The minimum absolute atomic E-state index is 0.219. The van der Waals surface area contributed by atoms with Crippen LogP contribution in [0.25, 0.3) is 0 Å². The summed E-state index contributed by atoms with van der Waals surface area (Å²) in [4.78, 5) is 6.46. The first kappa shape index (κ1) is 14.8. The predicted molar refractivity (Wildman–Crippen MR) is 73.7 cm³/mol. The van der Waals surface area contributed by atoms with Crippen LogP contribution in [0.2, 0.25) is 10.3 Å². The van der Waals surface area contributed by atoms with Crippen LogP contribution in [0.3, 0.4) is 0 Å². The lowest BCUT2D eigenvalue weighted by atomic mass is 10.3. The van der Waals surface area contributed by atoms with Crippen molar-refractivity contribution in [2.24, 2.45) is 0 Å². The van der Waals surface area contributed by atoms with E-state index < -0.39 is 20.7 Å². The Kier molecular flexibility index (Phi) is 3.98. The van der Waals surface area contributed by atoms with Crippen molar-refractivity contribution in [1.29, 1.82) is 0 Å². The molecule has 0 atom stereocenters. The number of hydrogen-bond donors (Lipinski definition) is 2. The summed E-state index contributed by atoms with van der Waals surface area (Å²) in [6.45, 7) is 0. The fraction of sp³-hybridized carbons (Fsp3) is 0. The Morgan fingerprint density at radius 1 is 1.20 bits per heavy atom. The Labute approximate surface area is 123 Å². The number of nitrogens with two attached hydrogens (primary N) is 1. The van der Waals surface area contributed by atoms with Crippen molar-refractivity contribution < 1.29 is 12.8 Å². The van der Waals surface area contributed by atoms with Gasteiger partial charge in [0.1, 0.15) is 22.7 Å². The first-order valence-corrected chi connectivity index (χ1v) is 7.29. The van der Waals surface area contributed by atoms with Gasteiger partial charge in [-0.25, -0.2) is 22.8 Å². The minimum atomic E-state index is -4.32. The van der Waals surface area contributed by atoms with E-state index in [1.54, 1.807) is 0 Å². The Morgan fingerprint density at radius 2 is 1.80 bits per heavy atom. The minimum Gasteiger partial charge on any atom is -0.398 e. The predicted octanol–water partition coefficient (Wildman–Crippen LogP) is 2.31. The van der Waals surface area contributed by atoms with Gasteiger partial charge >= 0.3 is 0 Å². The van der Waals surface area contributed by atoms with Gasteiger partial charge in [0, 0.05) is 0 Å². The third kappa shape index (κ3) is 2.77. The van der Waals surface area contributed by atoms with Crippen molar-refractivity contribution in [3.05, 3.63) is 40.6 Å². The second kappa shape index (κ2) is 5.39. The third-order valence-corrected chi connectivity index (χ3v) is 4.27. The van der Waals surface area contributed by atoms with Crippen LogP contribution in [0, 0.1) is 5.82 Å². The molecular formula is C10H7Cl2FN4O2S. The molecule has 1 aromatic heterocycles. The molecule has 0 bridgehead atoms. The van der Waals surface area contributed by atoms with E-state index in [1.165, 1.54) is 12.1 Å². The highest BCUT2D eigenvalue weighted by molar-refractivity contribution is 7.93. The molecule has 0 saturated heterocycles. The first-order chi connectivity index (χ1) is 9.33. The lowest BCUT2D eigenvalue weighted by Gasteiger charge is -2.12. The number of benzene rings is 1. The molecule has 0 fully saturated rings. The van der Waals surface area contributed by atoms with E-state index in [9.17, 15) is 12.8 Å². The molecule has 0 spiro atoms. The molecule has 1 heterocycles. The van der Waals surface area contributed by atoms with E-state index in [0.29, 0.717) is 0 Å². The van der Waals surface area contributed by atoms with E-state index in [1.807, 2.05) is 4.72 Å². The first-order valence-electron chi connectivity index (χ1n) is 5.05. The summed E-state index contributed by atoms with van der Waals surface area (Å²) in [6.07, 6.45) is 1.06. The quantitative estimate of drug-likeness (QED) is 0.662. The molecule has 20 heavy (non-hydrogen) atoms. The fourth-order valence-electron chi connectivity index (χ4n) is 1.42. The van der Waals surface area contributed by atoms with Crippen LogP contribution in [-0.2, 0) is 10.0 Å². The largest absolute Gasteiger partial charge is 0.398 e. The van der Waals surface area contributed by atoms with Crippen LogP contribution in [0.5, 0.6) is 0 Å². The van der Waals surface area contributed by atoms with Crippen molar-refractivity contribution >= 4 is 44.6 Å². The van der Waals surface area contributed by atoms with Crippen LogP contribution in [-0.4, -0.2) is 18.4 Å². The maximum Gasteiger partial charge on any atom is 0.267 e. The zero-order chi connectivity index (χ0) is 14.9. The van der Waals surface area contributed by atoms with E-state index in [2.05, 4.69) is 9.97 Å². The van der Waals surface area contributed by atoms with Gasteiger partial charge in [-0.2, -0.15) is 0 Å². The van der Waals surface area contributed by atoms with Crippen LogP contribution < -0.4 is 10.5 Å². The number of rotatable bonds is 3. The van der Waals surface area contributed by atoms with Crippen molar-refractivity contribution in [1.82, 2.24) is 9.97 Å². The normalized spacial score (nSPS) is 11.3. The van der Waals surface area contributed by atoms with Gasteiger partial charge in [-0.05, 0) is 12.1 Å². The number of sulfonamides is 1. The molecule has 0 amide bonds. The van der Waals surface area contributed by atoms with Crippen molar-refractivity contribution in [3.8, 4) is 0 Å². The maximum atomic E-state index is 13.7. The molecule has 0 aliphatic heterocycles. The van der Waals surface area contributed by atoms with E-state index in [4.69, 9.17) is 28.9 Å². The number of nitrogens with zero attached hydrogens (tertiary/aromatic N) is 2. The summed E-state index contributed by atoms with van der Waals surface area (Å²) < 4.78 is 40.0. The van der Waals surface area contributed by atoms with Crippen LogP contribution in [0.1, 0.15) is 0 Å². The van der Waals surface area contributed by atoms with Gasteiger partial charge in [0.15, 0.2) is 10.3 Å². The number of anilines is 2. The summed E-state index contributed by atoms with van der Waals surface area (Å²) in [5.74, 6) is -0.999. The molecule has 2 rings (SSSR count). The lowest BCUT2D eigenvalue weighted by molar-refractivity contribution is 0.572. The van der Waals surface area contributed by atoms with Crippen molar-refractivity contribution in [2.45, 2.75) is 4.90 Å². The van der Waals surface area contributed by atoms with Gasteiger partial charge in [0.25, 0.3) is 10.0 Å². The van der Waals surface area contributed by atoms with Crippen molar-refractivity contribution in [3.63, 3.8) is 0 Å². The van der Waals surface area contributed by atoms with Crippen LogP contribution in [0.4, 0.5) is 15.8 Å². The smallest absolute Gasteiger partial charge is 0.267 e. The Balaban J connectivity index is 2.53. The summed E-state index contributed by atoms with van der Waals surface area (Å²) in [6, 6.07) is 3.51. The summed E-state index contributed by atoms with van der Waals surface area (Å²) >= 11 is 11.4. The molecule has 2 aromatic rings. The molecule has 0 aliphatic carbocycles. The van der Waals surface area contributed by atoms with Gasteiger partial charge in [-0.1, -0.05) is 29.3 Å². The molecule has 10 heteroatoms. The molecule has 6 nitrogen and oxygen atoms in total. The SMILES string of the molecule is Nc1cccc(F)c1S(=O)(=O)Nc1c(Cl)ncnc1Cl. The molecular weight excluding hydrogens is 330 g/mol. The van der Waals surface area contributed by atoms with E-state index in [-0.39, 0.29) is 21.7 Å². The number of nitrogen functional groups attached to an aromatic ring is 1. The monoisotopic (exact) mass is 336 g/mol. The average Bonchev–Trinajstić information content (AvgIpc) is 2.33. The standard InChI is InChI=1S/C10H7Cl2FN4O2S/c11-9-7(10(12)16-4-15-9)17-20(18,19)8-5(13)2-1-3-6(8)14/h1-4,17H,14H2. The fourth-order valence-corrected chi connectivity index (χ4v) is 3.21. The Morgan fingerprint density at radius 3 is 2.35 bits per heavy atom. The summed E-state index contributed by atoms with van der Waals surface area (Å²) in [5.41, 5.74) is 4.98. The topological polar surface area (TPSA) is 98.0 Å². The second-order valence-electron chi connectivity index (χ2n) is 3.59. The number of hydrogen-bond acceptors (Lipinski definition) is 5. The number of nitrogens with one attached hydrogen (secondary N) is 1. The van der Waals surface area contributed by atoms with Gasteiger partial charge in [-0.3, -0.25) is 4.72 Å². The molecule has 106 valence electrons. The molecule has 1 aromatic carbocycles. The maximum absolute atomic E-state index is 13.7. The molecule has 0 aliphatic rings. The van der Waals surface area contributed by atoms with Crippen LogP contribution in [0.15, 0.2) is 29.4 Å². The second-order valence-corrected chi connectivity index (χ2v) is 5.93. The van der Waals surface area contributed by atoms with Gasteiger partial charge in [0.2, 0.25) is 0 Å². The third-order valence-electron chi connectivity index (χ3n) is 2.26. The van der Waals surface area contributed by atoms with Crippen molar-refractivity contribution in [2.75, 3.05) is 10.5 Å². The zero-order valence-electron chi connectivity index (χ0n) is 9.64. The molecule has 3 N–H and O–H groups in total. The zero-order valence-corrected chi connectivity index (χ0v) is 12.0. The van der Waals surface area contributed by atoms with Gasteiger partial charge in [0.05, 0.1) is 5.69 Å². The van der Waals surface area contributed by atoms with E-state index in [0.717, 1.165) is 12.4 Å². The van der Waals surface area contributed by atoms with Gasteiger partial charge < -0.3 is 5.73 Å². The lowest BCUT2D eigenvalue weighted by Crippen LogP contribution is -2.17. The summed E-state index contributed by atoms with van der Waals surface area (Å²) in [5, 5.41) is -0.438. The molecule has 0 unspecified atom stereocenters. The van der Waals surface area contributed by atoms with E-state index >= 15 is 0 Å². The Hall–Kier alpha value is -1.64.